The van der Waals surface area contributed by atoms with Crippen LogP contribution in [0, 0.1) is 13.8 Å². The summed E-state index contributed by atoms with van der Waals surface area (Å²) in [6.07, 6.45) is 3.32. The molecule has 0 aliphatic carbocycles. The number of rotatable bonds is 2. The molecule has 0 aliphatic rings. The molecule has 2 rings (SSSR count). The van der Waals surface area contributed by atoms with Crippen LogP contribution in [0.5, 0.6) is 11.6 Å². The second kappa shape index (κ2) is 4.18. The number of pyridine rings is 2. The van der Waals surface area contributed by atoms with Crippen molar-refractivity contribution < 1.29 is 4.74 Å². The first-order chi connectivity index (χ1) is 7.66. The number of anilines is 1. The van der Waals surface area contributed by atoms with Gasteiger partial charge in [0.15, 0.2) is 0 Å². The van der Waals surface area contributed by atoms with E-state index in [1.54, 1.807) is 12.4 Å². The highest BCUT2D eigenvalue weighted by molar-refractivity contribution is 5.54. The fourth-order valence-corrected chi connectivity index (χ4v) is 1.25. The molecule has 0 bridgehead atoms. The molecular weight excluding hydrogens is 202 g/mol. The summed E-state index contributed by atoms with van der Waals surface area (Å²) >= 11 is 0. The third-order valence-corrected chi connectivity index (χ3v) is 2.27. The lowest BCUT2D eigenvalue weighted by Crippen LogP contribution is -1.97. The van der Waals surface area contributed by atoms with Crippen molar-refractivity contribution in [3.8, 4) is 11.6 Å². The van der Waals surface area contributed by atoms with Crippen LogP contribution in [0.15, 0.2) is 30.6 Å². The van der Waals surface area contributed by atoms with E-state index >= 15 is 0 Å². The van der Waals surface area contributed by atoms with Crippen molar-refractivity contribution in [2.45, 2.75) is 13.8 Å². The molecule has 0 atom stereocenters. The molecule has 0 unspecified atom stereocenters. The maximum absolute atomic E-state index is 5.85. The molecule has 2 N–H and O–H groups in total. The van der Waals surface area contributed by atoms with Gasteiger partial charge in [-0.1, -0.05) is 0 Å². The Kier molecular flexibility index (Phi) is 2.72. The summed E-state index contributed by atoms with van der Waals surface area (Å²) in [4.78, 5) is 8.22. The number of aromatic nitrogens is 2. The molecule has 0 radical (unpaired) electrons. The van der Waals surface area contributed by atoms with Gasteiger partial charge in [-0.3, -0.25) is 4.98 Å². The third kappa shape index (κ3) is 2.11. The minimum absolute atomic E-state index is 0.422. The van der Waals surface area contributed by atoms with Crippen molar-refractivity contribution in [1.29, 1.82) is 0 Å². The first kappa shape index (κ1) is 10.4. The molecule has 0 aromatic carbocycles. The van der Waals surface area contributed by atoms with E-state index in [9.17, 15) is 0 Å². The van der Waals surface area contributed by atoms with Gasteiger partial charge in [0, 0.05) is 11.9 Å². The van der Waals surface area contributed by atoms with E-state index in [0.717, 1.165) is 11.3 Å². The van der Waals surface area contributed by atoms with Crippen molar-refractivity contribution >= 4 is 5.69 Å². The van der Waals surface area contributed by atoms with E-state index in [4.69, 9.17) is 10.5 Å². The standard InChI is InChI=1S/C12H13N3O/c1-8-5-6-14-12(11(8)13)16-10-4-3-9(2)15-7-10/h3-7H,13H2,1-2H3. The van der Waals surface area contributed by atoms with E-state index in [0.29, 0.717) is 17.3 Å². The van der Waals surface area contributed by atoms with E-state index in [2.05, 4.69) is 9.97 Å². The Morgan fingerprint density at radius 1 is 1.12 bits per heavy atom. The number of aryl methyl sites for hydroxylation is 2. The van der Waals surface area contributed by atoms with Crippen molar-refractivity contribution in [2.24, 2.45) is 0 Å². The van der Waals surface area contributed by atoms with Crippen LogP contribution in [0.25, 0.3) is 0 Å². The number of hydrogen-bond donors (Lipinski definition) is 1. The van der Waals surface area contributed by atoms with E-state index in [-0.39, 0.29) is 0 Å². The molecule has 0 aliphatic heterocycles. The number of nitrogen functional groups attached to an aromatic ring is 1. The summed E-state index contributed by atoms with van der Waals surface area (Å²) in [6, 6.07) is 5.56. The first-order valence-corrected chi connectivity index (χ1v) is 4.98. The Labute approximate surface area is 94.1 Å². The fourth-order valence-electron chi connectivity index (χ4n) is 1.25. The van der Waals surface area contributed by atoms with E-state index in [1.807, 2.05) is 32.0 Å². The molecule has 0 saturated carbocycles. The number of nitrogens with two attached hydrogens (primary N) is 1. The van der Waals surface area contributed by atoms with E-state index < -0.39 is 0 Å². The fraction of sp³-hybridized carbons (Fsp3) is 0.167. The van der Waals surface area contributed by atoms with Gasteiger partial charge >= 0.3 is 0 Å². The van der Waals surface area contributed by atoms with Gasteiger partial charge in [-0.25, -0.2) is 4.98 Å². The minimum Gasteiger partial charge on any atom is -0.435 e. The Morgan fingerprint density at radius 3 is 2.62 bits per heavy atom. The van der Waals surface area contributed by atoms with Crippen LogP contribution in [0.3, 0.4) is 0 Å². The first-order valence-electron chi connectivity index (χ1n) is 4.98. The van der Waals surface area contributed by atoms with Crippen LogP contribution in [0.2, 0.25) is 0 Å². The zero-order valence-corrected chi connectivity index (χ0v) is 9.27. The maximum atomic E-state index is 5.85. The molecule has 4 nitrogen and oxygen atoms in total. The number of hydrogen-bond acceptors (Lipinski definition) is 4. The highest BCUT2D eigenvalue weighted by atomic mass is 16.5. The molecule has 2 aromatic heterocycles. The monoisotopic (exact) mass is 215 g/mol. The minimum atomic E-state index is 0.422. The van der Waals surface area contributed by atoms with Gasteiger partial charge in [0.1, 0.15) is 5.75 Å². The van der Waals surface area contributed by atoms with Crippen LogP contribution < -0.4 is 10.5 Å². The molecular formula is C12H13N3O. The normalized spacial score (nSPS) is 10.1. The molecule has 0 spiro atoms. The molecule has 16 heavy (non-hydrogen) atoms. The van der Waals surface area contributed by atoms with Crippen LogP contribution in [0.4, 0.5) is 5.69 Å². The lowest BCUT2D eigenvalue weighted by atomic mass is 10.2. The van der Waals surface area contributed by atoms with Crippen LogP contribution in [-0.2, 0) is 0 Å². The Morgan fingerprint density at radius 2 is 1.94 bits per heavy atom. The van der Waals surface area contributed by atoms with Crippen molar-refractivity contribution in [3.63, 3.8) is 0 Å². The van der Waals surface area contributed by atoms with Crippen LogP contribution >= 0.6 is 0 Å². The smallest absolute Gasteiger partial charge is 0.242 e. The highest BCUT2D eigenvalue weighted by Crippen LogP contribution is 2.26. The quantitative estimate of drug-likeness (QED) is 0.835. The number of nitrogens with zero attached hydrogens (tertiary/aromatic N) is 2. The predicted molar refractivity (Wildman–Crippen MR) is 62.4 cm³/mol. The zero-order valence-electron chi connectivity index (χ0n) is 9.27. The molecule has 4 heteroatoms. The maximum Gasteiger partial charge on any atom is 0.242 e. The lowest BCUT2D eigenvalue weighted by molar-refractivity contribution is 0.463. The molecule has 0 fully saturated rings. The highest BCUT2D eigenvalue weighted by Gasteiger charge is 2.05. The second-order valence-corrected chi connectivity index (χ2v) is 3.58. The molecule has 82 valence electrons. The predicted octanol–water partition coefficient (Wildman–Crippen LogP) is 2.47. The van der Waals surface area contributed by atoms with Gasteiger partial charge in [0.25, 0.3) is 0 Å². The van der Waals surface area contributed by atoms with Crippen molar-refractivity contribution in [1.82, 2.24) is 9.97 Å². The Bertz CT molecular complexity index is 494. The summed E-state index contributed by atoms with van der Waals surface area (Å²) in [6.45, 7) is 3.83. The molecule has 2 aromatic rings. The molecule has 2 heterocycles. The molecule has 0 amide bonds. The Hall–Kier alpha value is -2.10. The zero-order chi connectivity index (χ0) is 11.5. The van der Waals surface area contributed by atoms with Gasteiger partial charge in [-0.2, -0.15) is 0 Å². The van der Waals surface area contributed by atoms with Gasteiger partial charge in [0.05, 0.1) is 11.9 Å². The average molecular weight is 215 g/mol. The van der Waals surface area contributed by atoms with Crippen molar-refractivity contribution in [3.05, 3.63) is 41.9 Å². The van der Waals surface area contributed by atoms with E-state index in [1.165, 1.54) is 0 Å². The Balaban J connectivity index is 2.27. The van der Waals surface area contributed by atoms with Gasteiger partial charge in [-0.05, 0) is 37.6 Å². The summed E-state index contributed by atoms with van der Waals surface area (Å²) in [7, 11) is 0. The van der Waals surface area contributed by atoms with Gasteiger partial charge in [-0.15, -0.1) is 0 Å². The lowest BCUT2D eigenvalue weighted by Gasteiger charge is -2.08. The number of ether oxygens (including phenoxy) is 1. The van der Waals surface area contributed by atoms with Crippen LogP contribution in [0.1, 0.15) is 11.3 Å². The summed E-state index contributed by atoms with van der Waals surface area (Å²) in [5.74, 6) is 1.06. The topological polar surface area (TPSA) is 61.0 Å². The summed E-state index contributed by atoms with van der Waals surface area (Å²) in [5, 5.41) is 0. The third-order valence-electron chi connectivity index (χ3n) is 2.27. The van der Waals surface area contributed by atoms with Gasteiger partial charge in [0.2, 0.25) is 5.88 Å². The summed E-state index contributed by atoms with van der Waals surface area (Å²) in [5.41, 5.74) is 8.30. The molecule has 0 saturated heterocycles. The summed E-state index contributed by atoms with van der Waals surface area (Å²) < 4.78 is 5.55. The van der Waals surface area contributed by atoms with Gasteiger partial charge < -0.3 is 10.5 Å². The average Bonchev–Trinajstić information content (AvgIpc) is 2.28. The largest absolute Gasteiger partial charge is 0.435 e. The van der Waals surface area contributed by atoms with Crippen molar-refractivity contribution in [2.75, 3.05) is 5.73 Å². The van der Waals surface area contributed by atoms with Crippen LogP contribution in [-0.4, -0.2) is 9.97 Å². The second-order valence-electron chi connectivity index (χ2n) is 3.58. The SMILES string of the molecule is Cc1ccc(Oc2nccc(C)c2N)cn1.